The Hall–Kier alpha value is -2.65. The van der Waals surface area contributed by atoms with Gasteiger partial charge in [-0.15, -0.1) is 0 Å². The molecule has 2 fully saturated rings. The summed E-state index contributed by atoms with van der Waals surface area (Å²) in [6, 6.07) is 5.65. The van der Waals surface area contributed by atoms with Crippen LogP contribution in [0.1, 0.15) is 60.0 Å². The molecule has 0 amide bonds. The van der Waals surface area contributed by atoms with Gasteiger partial charge in [0.1, 0.15) is 11.6 Å². The van der Waals surface area contributed by atoms with E-state index in [0.717, 1.165) is 68.0 Å². The Labute approximate surface area is 198 Å². The van der Waals surface area contributed by atoms with Crippen molar-refractivity contribution in [2.75, 3.05) is 25.1 Å². The van der Waals surface area contributed by atoms with Crippen molar-refractivity contribution in [2.45, 2.75) is 63.9 Å². The lowest BCUT2D eigenvalue weighted by Crippen LogP contribution is -2.34. The Morgan fingerprint density at radius 2 is 1.94 bits per heavy atom. The number of allylic oxidation sites excluding steroid dienone is 1. The summed E-state index contributed by atoms with van der Waals surface area (Å²) >= 11 is 0. The van der Waals surface area contributed by atoms with Gasteiger partial charge in [0.05, 0.1) is 17.4 Å². The van der Waals surface area contributed by atoms with Crippen LogP contribution in [0.3, 0.4) is 0 Å². The minimum atomic E-state index is -4.38. The highest BCUT2D eigenvalue weighted by atomic mass is 19.4. The van der Waals surface area contributed by atoms with Gasteiger partial charge in [-0.3, -0.25) is 0 Å². The molecule has 0 saturated carbocycles. The summed E-state index contributed by atoms with van der Waals surface area (Å²) in [5.41, 5.74) is 2.42. The van der Waals surface area contributed by atoms with E-state index in [0.29, 0.717) is 36.3 Å². The van der Waals surface area contributed by atoms with Crippen LogP contribution in [-0.2, 0) is 28.6 Å². The highest BCUT2D eigenvalue weighted by Crippen LogP contribution is 2.36. The van der Waals surface area contributed by atoms with Gasteiger partial charge in [0.2, 0.25) is 0 Å². The topological polar surface area (TPSA) is 68.3 Å². The van der Waals surface area contributed by atoms with E-state index >= 15 is 0 Å². The van der Waals surface area contributed by atoms with Gasteiger partial charge < -0.3 is 20.1 Å². The van der Waals surface area contributed by atoms with Gasteiger partial charge in [0.25, 0.3) is 0 Å². The van der Waals surface area contributed by atoms with Crippen LogP contribution < -0.4 is 10.6 Å². The molecule has 6 nitrogen and oxygen atoms in total. The number of hydrogen-bond donors (Lipinski definition) is 2. The van der Waals surface area contributed by atoms with Crippen LogP contribution >= 0.6 is 0 Å². The second kappa shape index (κ2) is 10.7. The van der Waals surface area contributed by atoms with Crippen LogP contribution in [0.25, 0.3) is 0 Å². The second-order valence-electron chi connectivity index (χ2n) is 8.84. The van der Waals surface area contributed by atoms with Crippen molar-refractivity contribution >= 4 is 5.82 Å². The van der Waals surface area contributed by atoms with E-state index in [1.54, 1.807) is 6.07 Å². The number of anilines is 1. The molecule has 34 heavy (non-hydrogen) atoms. The first-order chi connectivity index (χ1) is 16.3. The van der Waals surface area contributed by atoms with Gasteiger partial charge in [0.15, 0.2) is 0 Å². The molecule has 184 valence electrons. The number of aryl methyl sites for hydroxylation is 1. The molecule has 1 atom stereocenters. The van der Waals surface area contributed by atoms with Gasteiger partial charge in [-0.2, -0.15) is 13.2 Å². The maximum absolute atomic E-state index is 13.1. The zero-order chi connectivity index (χ0) is 24.1. The molecule has 1 unspecified atom stereocenters. The molecule has 2 N–H and O–H groups in total. The Balaban J connectivity index is 1.55. The predicted molar refractivity (Wildman–Crippen MR) is 123 cm³/mol. The van der Waals surface area contributed by atoms with Crippen molar-refractivity contribution in [3.8, 4) is 0 Å². The minimum Gasteiger partial charge on any atom is -0.386 e. The number of nitrogens with zero attached hydrogens (tertiary/aromatic N) is 2. The third-order valence-electron chi connectivity index (χ3n) is 6.11. The minimum absolute atomic E-state index is 0.157. The first-order valence-corrected chi connectivity index (χ1v) is 11.7. The van der Waals surface area contributed by atoms with Gasteiger partial charge in [0, 0.05) is 50.1 Å². The molecule has 0 radical (unpaired) electrons. The van der Waals surface area contributed by atoms with Gasteiger partial charge in [-0.1, -0.05) is 18.7 Å². The number of ether oxygens (including phenoxy) is 2. The number of hydrogen-bond acceptors (Lipinski definition) is 6. The quantitative estimate of drug-likeness (QED) is 0.553. The molecule has 1 aromatic carbocycles. The Kier molecular flexibility index (Phi) is 7.73. The van der Waals surface area contributed by atoms with Gasteiger partial charge in [-0.05, 0) is 50.3 Å². The third-order valence-corrected chi connectivity index (χ3v) is 6.11. The predicted octanol–water partition coefficient (Wildman–Crippen LogP) is 5.09. The molecule has 1 aromatic heterocycles. The highest BCUT2D eigenvalue weighted by molar-refractivity contribution is 5.50. The summed E-state index contributed by atoms with van der Waals surface area (Å²) in [6.07, 6.45) is -0.364. The van der Waals surface area contributed by atoms with E-state index in [2.05, 4.69) is 22.2 Å². The Bertz CT molecular complexity index is 1000. The third kappa shape index (κ3) is 6.27. The van der Waals surface area contributed by atoms with Crippen LogP contribution in [0.2, 0.25) is 0 Å². The average Bonchev–Trinajstić information content (AvgIpc) is 3.32. The van der Waals surface area contributed by atoms with E-state index in [9.17, 15) is 13.2 Å². The van der Waals surface area contributed by atoms with Crippen LogP contribution in [0.4, 0.5) is 19.0 Å². The van der Waals surface area contributed by atoms with Crippen molar-refractivity contribution in [3.05, 3.63) is 64.8 Å². The molecule has 0 spiro atoms. The first kappa shape index (κ1) is 24.5. The zero-order valence-electron chi connectivity index (χ0n) is 19.4. The number of benzene rings is 1. The van der Waals surface area contributed by atoms with E-state index in [1.807, 2.05) is 6.92 Å². The molecular weight excluding hydrogens is 445 g/mol. The maximum Gasteiger partial charge on any atom is 0.416 e. The molecule has 9 heteroatoms. The molecule has 2 saturated heterocycles. The molecule has 0 bridgehead atoms. The summed E-state index contributed by atoms with van der Waals surface area (Å²) in [5.74, 6) is 1.19. The summed E-state index contributed by atoms with van der Waals surface area (Å²) in [6.45, 7) is 8.37. The Morgan fingerprint density at radius 3 is 2.65 bits per heavy atom. The van der Waals surface area contributed by atoms with E-state index < -0.39 is 11.7 Å². The molecule has 4 rings (SSSR count). The fourth-order valence-electron chi connectivity index (χ4n) is 4.48. The summed E-state index contributed by atoms with van der Waals surface area (Å²) in [4.78, 5) is 9.30. The summed E-state index contributed by atoms with van der Waals surface area (Å²) in [7, 11) is 0. The lowest BCUT2D eigenvalue weighted by Gasteiger charge is -2.26. The molecule has 3 heterocycles. The normalized spacial score (nSPS) is 19.2. The fraction of sp³-hybridized carbons (Fsp3) is 0.520. The van der Waals surface area contributed by atoms with Crippen molar-refractivity contribution in [1.29, 1.82) is 0 Å². The van der Waals surface area contributed by atoms with Gasteiger partial charge in [-0.25, -0.2) is 9.97 Å². The van der Waals surface area contributed by atoms with Crippen LogP contribution in [0, 0.1) is 6.92 Å². The summed E-state index contributed by atoms with van der Waals surface area (Å²) < 4.78 is 50.8. The smallest absolute Gasteiger partial charge is 0.386 e. The largest absolute Gasteiger partial charge is 0.416 e. The molecular formula is C25H31F3N4O2. The number of rotatable bonds is 8. The summed E-state index contributed by atoms with van der Waals surface area (Å²) in [5, 5.41) is 6.76. The SMILES string of the molecule is C=C(Cc1nc(C)nc(NCc2cccc(C(F)(F)F)c2)c1C1CCCO1)NC1CCOCC1. The fourth-order valence-corrected chi connectivity index (χ4v) is 4.48. The van der Waals surface area contributed by atoms with Crippen molar-refractivity contribution < 1.29 is 22.6 Å². The van der Waals surface area contributed by atoms with E-state index in [-0.39, 0.29) is 12.6 Å². The monoisotopic (exact) mass is 476 g/mol. The standard InChI is InChI=1S/C25H31F3N4O2/c1-16(30-20-8-11-33-12-9-20)13-21-23(22-7-4-10-34-22)24(32-17(2)31-21)29-15-18-5-3-6-19(14-18)25(26,27)28/h3,5-6,14,20,22,30H,1,4,7-13,15H2,2H3,(H,29,31,32). The average molecular weight is 477 g/mol. The van der Waals surface area contributed by atoms with E-state index in [4.69, 9.17) is 14.5 Å². The van der Waals surface area contributed by atoms with E-state index in [1.165, 1.54) is 6.07 Å². The Morgan fingerprint density at radius 1 is 1.15 bits per heavy atom. The number of aromatic nitrogens is 2. The van der Waals surface area contributed by atoms with Crippen LogP contribution in [-0.4, -0.2) is 35.8 Å². The lowest BCUT2D eigenvalue weighted by molar-refractivity contribution is -0.137. The maximum atomic E-state index is 13.1. The number of halogens is 3. The van der Waals surface area contributed by atoms with Crippen LogP contribution in [0.5, 0.6) is 0 Å². The van der Waals surface area contributed by atoms with Crippen molar-refractivity contribution in [1.82, 2.24) is 15.3 Å². The zero-order valence-corrected chi connectivity index (χ0v) is 19.4. The van der Waals surface area contributed by atoms with Crippen molar-refractivity contribution in [2.24, 2.45) is 0 Å². The second-order valence-corrected chi connectivity index (χ2v) is 8.84. The molecule has 2 aliphatic rings. The first-order valence-electron chi connectivity index (χ1n) is 11.7. The highest BCUT2D eigenvalue weighted by Gasteiger charge is 2.30. The molecule has 2 aliphatic heterocycles. The lowest BCUT2D eigenvalue weighted by atomic mass is 10.0. The molecule has 2 aromatic rings. The number of alkyl halides is 3. The van der Waals surface area contributed by atoms with Crippen molar-refractivity contribution in [3.63, 3.8) is 0 Å². The number of nitrogens with one attached hydrogen (secondary N) is 2. The molecule has 0 aliphatic carbocycles. The van der Waals surface area contributed by atoms with Crippen LogP contribution in [0.15, 0.2) is 36.5 Å². The van der Waals surface area contributed by atoms with Gasteiger partial charge >= 0.3 is 6.18 Å².